The number of piperidine rings is 1. The number of esters is 1. The molecule has 0 saturated carbocycles. The Kier molecular flexibility index (Phi) is 3.53. The van der Waals surface area contributed by atoms with Crippen molar-refractivity contribution in [3.63, 3.8) is 0 Å². The van der Waals surface area contributed by atoms with Gasteiger partial charge in [0.15, 0.2) is 0 Å². The summed E-state index contributed by atoms with van der Waals surface area (Å²) >= 11 is 0. The predicted molar refractivity (Wildman–Crippen MR) is 56.0 cm³/mol. The van der Waals surface area contributed by atoms with E-state index in [0.29, 0.717) is 5.92 Å². The largest absolute Gasteiger partial charge is 0.462 e. The van der Waals surface area contributed by atoms with E-state index in [0.717, 1.165) is 19.5 Å². The van der Waals surface area contributed by atoms with E-state index in [4.69, 9.17) is 4.74 Å². The molecular weight excluding hydrogens is 178 g/mol. The molecule has 0 radical (unpaired) electrons. The molecule has 2 unspecified atom stereocenters. The molecule has 1 saturated heterocycles. The van der Waals surface area contributed by atoms with Gasteiger partial charge in [-0.25, -0.2) is 0 Å². The second kappa shape index (κ2) is 4.30. The molecule has 0 amide bonds. The molecule has 0 spiro atoms. The van der Waals surface area contributed by atoms with Gasteiger partial charge in [-0.1, -0.05) is 6.92 Å². The minimum absolute atomic E-state index is 0.0868. The predicted octanol–water partition coefficient (Wildman–Crippen LogP) is 1.57. The zero-order valence-corrected chi connectivity index (χ0v) is 9.59. The molecule has 0 aromatic rings. The summed E-state index contributed by atoms with van der Waals surface area (Å²) in [6.07, 6.45) is 1.03. The highest BCUT2D eigenvalue weighted by Gasteiger charge is 2.30. The van der Waals surface area contributed by atoms with Crippen LogP contribution in [0, 0.1) is 11.3 Å². The Morgan fingerprint density at radius 3 is 2.57 bits per heavy atom. The first-order valence-corrected chi connectivity index (χ1v) is 5.33. The quantitative estimate of drug-likeness (QED) is 0.651. The highest BCUT2D eigenvalue weighted by molar-refractivity contribution is 5.75. The first kappa shape index (κ1) is 11.5. The number of carbonyl (C=O) groups excluding carboxylic acids is 1. The summed E-state index contributed by atoms with van der Waals surface area (Å²) in [5, 5.41) is 3.29. The highest BCUT2D eigenvalue weighted by atomic mass is 16.5. The summed E-state index contributed by atoms with van der Waals surface area (Å²) in [7, 11) is 0. The Hall–Kier alpha value is -0.570. The van der Waals surface area contributed by atoms with Crippen molar-refractivity contribution in [3.05, 3.63) is 0 Å². The summed E-state index contributed by atoms with van der Waals surface area (Å²) in [6, 6.07) is 0. The maximum atomic E-state index is 11.6. The first-order chi connectivity index (χ1) is 6.41. The van der Waals surface area contributed by atoms with E-state index in [1.807, 2.05) is 20.8 Å². The van der Waals surface area contributed by atoms with E-state index < -0.39 is 0 Å². The Morgan fingerprint density at radius 2 is 2.07 bits per heavy atom. The standard InChI is InChI=1S/C11H21NO2/c1-8-7-12-6-5-9(8)14-10(13)11(2,3)4/h8-9,12H,5-7H2,1-4H3. The summed E-state index contributed by atoms with van der Waals surface area (Å²) in [5.74, 6) is 0.339. The lowest BCUT2D eigenvalue weighted by Crippen LogP contribution is -2.42. The lowest BCUT2D eigenvalue weighted by atomic mass is 9.95. The summed E-state index contributed by atoms with van der Waals surface area (Å²) < 4.78 is 5.49. The third kappa shape index (κ3) is 2.98. The zero-order chi connectivity index (χ0) is 10.8. The second-order valence-corrected chi connectivity index (χ2v) is 5.16. The van der Waals surface area contributed by atoms with Gasteiger partial charge in [-0.2, -0.15) is 0 Å². The molecule has 0 aromatic carbocycles. The van der Waals surface area contributed by atoms with Gasteiger partial charge in [0.1, 0.15) is 6.10 Å². The van der Waals surface area contributed by atoms with Crippen molar-refractivity contribution in [2.24, 2.45) is 11.3 Å². The van der Waals surface area contributed by atoms with Gasteiger partial charge in [0.05, 0.1) is 5.41 Å². The van der Waals surface area contributed by atoms with Crippen LogP contribution in [-0.2, 0) is 9.53 Å². The molecule has 0 bridgehead atoms. The maximum absolute atomic E-state index is 11.6. The number of ether oxygens (including phenoxy) is 1. The van der Waals surface area contributed by atoms with E-state index in [1.165, 1.54) is 0 Å². The third-order valence-electron chi connectivity index (χ3n) is 2.58. The van der Waals surface area contributed by atoms with Crippen LogP contribution in [0.25, 0.3) is 0 Å². The van der Waals surface area contributed by atoms with Crippen LogP contribution in [0.4, 0.5) is 0 Å². The molecule has 3 nitrogen and oxygen atoms in total. The summed E-state index contributed by atoms with van der Waals surface area (Å²) in [6.45, 7) is 9.69. The van der Waals surface area contributed by atoms with Crippen LogP contribution in [0.15, 0.2) is 0 Å². The molecule has 3 heteroatoms. The smallest absolute Gasteiger partial charge is 0.311 e. The van der Waals surface area contributed by atoms with E-state index in [2.05, 4.69) is 12.2 Å². The Balaban J connectivity index is 2.46. The van der Waals surface area contributed by atoms with E-state index in [1.54, 1.807) is 0 Å². The number of carbonyl (C=O) groups is 1. The number of hydrogen-bond donors (Lipinski definition) is 1. The van der Waals surface area contributed by atoms with Crippen molar-refractivity contribution < 1.29 is 9.53 Å². The molecule has 1 rings (SSSR count). The van der Waals surface area contributed by atoms with Crippen LogP contribution in [0.1, 0.15) is 34.1 Å². The summed E-state index contributed by atoms with van der Waals surface area (Å²) in [5.41, 5.74) is -0.384. The lowest BCUT2D eigenvalue weighted by Gasteiger charge is -2.31. The molecule has 1 aliphatic heterocycles. The maximum Gasteiger partial charge on any atom is 0.311 e. The van der Waals surface area contributed by atoms with E-state index >= 15 is 0 Å². The van der Waals surface area contributed by atoms with Gasteiger partial charge in [0.25, 0.3) is 0 Å². The Labute approximate surface area is 86.2 Å². The van der Waals surface area contributed by atoms with Crippen LogP contribution >= 0.6 is 0 Å². The molecule has 14 heavy (non-hydrogen) atoms. The normalized spacial score (nSPS) is 28.6. The van der Waals surface area contributed by atoms with Crippen LogP contribution < -0.4 is 5.32 Å². The molecule has 2 atom stereocenters. The van der Waals surface area contributed by atoms with Crippen molar-refractivity contribution in [2.45, 2.75) is 40.2 Å². The molecular formula is C11H21NO2. The van der Waals surface area contributed by atoms with Crippen molar-refractivity contribution in [1.82, 2.24) is 5.32 Å². The first-order valence-electron chi connectivity index (χ1n) is 5.33. The topological polar surface area (TPSA) is 38.3 Å². The minimum atomic E-state index is -0.384. The molecule has 1 heterocycles. The fourth-order valence-electron chi connectivity index (χ4n) is 1.48. The SMILES string of the molecule is CC1CNCCC1OC(=O)C(C)(C)C. The van der Waals surface area contributed by atoms with Crippen molar-refractivity contribution in [1.29, 1.82) is 0 Å². The van der Waals surface area contributed by atoms with Gasteiger partial charge in [0.2, 0.25) is 0 Å². The zero-order valence-electron chi connectivity index (χ0n) is 9.59. The lowest BCUT2D eigenvalue weighted by molar-refractivity contribution is -0.162. The van der Waals surface area contributed by atoms with Crippen LogP contribution in [0.3, 0.4) is 0 Å². The van der Waals surface area contributed by atoms with E-state index in [9.17, 15) is 4.79 Å². The number of nitrogens with one attached hydrogen (secondary N) is 1. The number of hydrogen-bond acceptors (Lipinski definition) is 3. The Morgan fingerprint density at radius 1 is 1.43 bits per heavy atom. The monoisotopic (exact) mass is 199 g/mol. The minimum Gasteiger partial charge on any atom is -0.462 e. The van der Waals surface area contributed by atoms with Gasteiger partial charge in [-0.05, 0) is 33.7 Å². The van der Waals surface area contributed by atoms with Crippen LogP contribution in [0.2, 0.25) is 0 Å². The second-order valence-electron chi connectivity index (χ2n) is 5.16. The fourth-order valence-corrected chi connectivity index (χ4v) is 1.48. The molecule has 0 aliphatic carbocycles. The molecule has 82 valence electrons. The molecule has 0 aromatic heterocycles. The van der Waals surface area contributed by atoms with Gasteiger partial charge in [0, 0.05) is 12.5 Å². The molecule has 1 fully saturated rings. The van der Waals surface area contributed by atoms with Gasteiger partial charge >= 0.3 is 5.97 Å². The van der Waals surface area contributed by atoms with Crippen molar-refractivity contribution in [2.75, 3.05) is 13.1 Å². The van der Waals surface area contributed by atoms with Crippen molar-refractivity contribution >= 4 is 5.97 Å². The Bertz CT molecular complexity index is 208. The average Bonchev–Trinajstić information content (AvgIpc) is 2.07. The van der Waals surface area contributed by atoms with Gasteiger partial charge < -0.3 is 10.1 Å². The van der Waals surface area contributed by atoms with Crippen molar-refractivity contribution in [3.8, 4) is 0 Å². The molecule has 1 N–H and O–H groups in total. The molecule has 1 aliphatic rings. The number of rotatable bonds is 1. The van der Waals surface area contributed by atoms with E-state index in [-0.39, 0.29) is 17.5 Å². The third-order valence-corrected chi connectivity index (χ3v) is 2.58. The van der Waals surface area contributed by atoms with Gasteiger partial charge in [-0.15, -0.1) is 0 Å². The van der Waals surface area contributed by atoms with Gasteiger partial charge in [-0.3, -0.25) is 4.79 Å². The average molecular weight is 199 g/mol. The summed E-state index contributed by atoms with van der Waals surface area (Å²) in [4.78, 5) is 11.6. The van der Waals surface area contributed by atoms with Crippen LogP contribution in [0.5, 0.6) is 0 Å². The fraction of sp³-hybridized carbons (Fsp3) is 0.909. The van der Waals surface area contributed by atoms with Crippen LogP contribution in [-0.4, -0.2) is 25.2 Å². The highest BCUT2D eigenvalue weighted by Crippen LogP contribution is 2.21.